The van der Waals surface area contributed by atoms with Gasteiger partial charge in [0.2, 0.25) is 0 Å². The molecule has 1 aliphatic carbocycles. The standard InChI is InChI=1S/C42H36N4S/c1-42(2)34-20-9-6-15-27(34)32-24-37-33(23-35(32)42)28-16-7-10-21-36(28)46(37)25-44-41(26-13-4-3-5-14-26)45-40(43)31-19-12-18-30-29-17-8-11-22-38(29)47-39(30)31/h3-24,40-41,44-45H,25,43H2,1-2H3. The molecule has 2 unspecified atom stereocenters. The number of aromatic nitrogens is 1. The fraction of sp³-hybridized carbons (Fsp3) is 0.143. The first kappa shape index (κ1) is 28.4. The van der Waals surface area contributed by atoms with Gasteiger partial charge in [-0.3, -0.25) is 10.6 Å². The molecule has 0 fully saturated rings. The van der Waals surface area contributed by atoms with E-state index in [2.05, 4.69) is 163 Å². The van der Waals surface area contributed by atoms with E-state index in [0.29, 0.717) is 6.67 Å². The van der Waals surface area contributed by atoms with E-state index >= 15 is 0 Å². The van der Waals surface area contributed by atoms with Gasteiger partial charge in [0.15, 0.2) is 0 Å². The van der Waals surface area contributed by atoms with Crippen LogP contribution in [0.5, 0.6) is 0 Å². The molecule has 4 nitrogen and oxygen atoms in total. The van der Waals surface area contributed by atoms with E-state index in [-0.39, 0.29) is 17.7 Å². The Hall–Kier alpha value is -4.78. The Morgan fingerprint density at radius 1 is 0.660 bits per heavy atom. The largest absolute Gasteiger partial charge is 0.327 e. The second-order valence-electron chi connectivity index (χ2n) is 13.2. The van der Waals surface area contributed by atoms with Gasteiger partial charge in [-0.15, -0.1) is 11.3 Å². The van der Waals surface area contributed by atoms with E-state index in [1.165, 1.54) is 64.2 Å². The molecule has 0 saturated heterocycles. The van der Waals surface area contributed by atoms with Crippen molar-refractivity contribution in [2.45, 2.75) is 38.3 Å². The molecule has 2 heterocycles. The lowest BCUT2D eigenvalue weighted by molar-refractivity contribution is 0.364. The summed E-state index contributed by atoms with van der Waals surface area (Å²) in [6.07, 6.45) is -0.550. The molecule has 9 rings (SSSR count). The van der Waals surface area contributed by atoms with Gasteiger partial charge in [-0.25, -0.2) is 0 Å². The van der Waals surface area contributed by atoms with E-state index in [1.54, 1.807) is 0 Å². The molecule has 1 aliphatic rings. The van der Waals surface area contributed by atoms with E-state index in [4.69, 9.17) is 5.73 Å². The molecule has 5 heteroatoms. The van der Waals surface area contributed by atoms with Gasteiger partial charge in [-0.2, -0.15) is 0 Å². The highest BCUT2D eigenvalue weighted by Crippen LogP contribution is 2.50. The molecule has 47 heavy (non-hydrogen) atoms. The number of nitrogens with one attached hydrogen (secondary N) is 2. The summed E-state index contributed by atoms with van der Waals surface area (Å²) in [5.41, 5.74) is 17.2. The minimum absolute atomic E-state index is 0.0443. The zero-order valence-electron chi connectivity index (χ0n) is 26.5. The molecule has 6 aromatic carbocycles. The second kappa shape index (κ2) is 10.9. The van der Waals surface area contributed by atoms with Crippen LogP contribution in [-0.2, 0) is 12.1 Å². The third-order valence-corrected chi connectivity index (χ3v) is 11.4. The lowest BCUT2D eigenvalue weighted by Crippen LogP contribution is -2.40. The average molecular weight is 629 g/mol. The van der Waals surface area contributed by atoms with Crippen molar-refractivity contribution in [1.29, 1.82) is 0 Å². The maximum Gasteiger partial charge on any atom is 0.0863 e. The molecule has 230 valence electrons. The smallest absolute Gasteiger partial charge is 0.0863 e. The third kappa shape index (κ3) is 4.46. The van der Waals surface area contributed by atoms with Crippen LogP contribution in [0.15, 0.2) is 133 Å². The van der Waals surface area contributed by atoms with E-state index in [0.717, 1.165) is 11.1 Å². The highest BCUT2D eigenvalue weighted by atomic mass is 32.1. The predicted molar refractivity (Wildman–Crippen MR) is 199 cm³/mol. The summed E-state index contributed by atoms with van der Waals surface area (Å²) in [6, 6.07) is 48.2. The molecule has 0 radical (unpaired) electrons. The summed E-state index contributed by atoms with van der Waals surface area (Å²) in [6.45, 7) is 5.31. The Labute approximate surface area is 278 Å². The number of fused-ring (bicyclic) bond motifs is 9. The van der Waals surface area contributed by atoms with Crippen molar-refractivity contribution >= 4 is 53.3 Å². The molecule has 0 amide bonds. The van der Waals surface area contributed by atoms with E-state index < -0.39 is 0 Å². The monoisotopic (exact) mass is 628 g/mol. The Bertz CT molecular complexity index is 2450. The van der Waals surface area contributed by atoms with Gasteiger partial charge in [0.05, 0.1) is 30.0 Å². The fourth-order valence-electron chi connectivity index (χ4n) is 7.80. The number of rotatable bonds is 7. The first-order valence-electron chi connectivity index (χ1n) is 16.3. The SMILES string of the molecule is CC1(C)c2ccccc2-c2cc3c(cc21)c1ccccc1n3CNC(NC(N)c1cccc2c1sc1ccccc12)c1ccccc1. The quantitative estimate of drug-likeness (QED) is 0.154. The number of nitrogens with two attached hydrogens (primary N) is 1. The van der Waals surface area contributed by atoms with Gasteiger partial charge in [-0.1, -0.05) is 123 Å². The van der Waals surface area contributed by atoms with E-state index in [1.807, 2.05) is 11.3 Å². The van der Waals surface area contributed by atoms with Crippen LogP contribution in [0.4, 0.5) is 0 Å². The molecule has 0 aliphatic heterocycles. The Morgan fingerprint density at radius 2 is 1.38 bits per heavy atom. The molecule has 0 bridgehead atoms. The minimum Gasteiger partial charge on any atom is -0.327 e. The lowest BCUT2D eigenvalue weighted by atomic mass is 9.82. The van der Waals surface area contributed by atoms with Crippen LogP contribution in [0.2, 0.25) is 0 Å². The number of nitrogens with zero attached hydrogens (tertiary/aromatic N) is 1. The van der Waals surface area contributed by atoms with Gasteiger partial charge >= 0.3 is 0 Å². The Kier molecular flexibility index (Phi) is 6.60. The maximum atomic E-state index is 7.03. The minimum atomic E-state index is -0.371. The van der Waals surface area contributed by atoms with Crippen LogP contribution in [0.25, 0.3) is 53.1 Å². The van der Waals surface area contributed by atoms with Crippen LogP contribution in [0, 0.1) is 0 Å². The van der Waals surface area contributed by atoms with Crippen molar-refractivity contribution in [2.24, 2.45) is 5.73 Å². The first-order chi connectivity index (χ1) is 23.0. The summed E-state index contributed by atoms with van der Waals surface area (Å²) in [5.74, 6) is 0. The first-order valence-corrected chi connectivity index (χ1v) is 17.2. The summed E-state index contributed by atoms with van der Waals surface area (Å²) in [4.78, 5) is 0. The average Bonchev–Trinajstić information content (AvgIpc) is 3.72. The van der Waals surface area contributed by atoms with Crippen molar-refractivity contribution in [3.05, 3.63) is 156 Å². The molecular weight excluding hydrogens is 593 g/mol. The van der Waals surface area contributed by atoms with E-state index in [9.17, 15) is 0 Å². The van der Waals surface area contributed by atoms with Crippen molar-refractivity contribution < 1.29 is 0 Å². The van der Waals surface area contributed by atoms with Crippen LogP contribution < -0.4 is 16.4 Å². The van der Waals surface area contributed by atoms with Crippen LogP contribution in [0.3, 0.4) is 0 Å². The topological polar surface area (TPSA) is 55.0 Å². The highest BCUT2D eigenvalue weighted by Gasteiger charge is 2.36. The summed E-state index contributed by atoms with van der Waals surface area (Å²) < 4.78 is 4.94. The van der Waals surface area contributed by atoms with Crippen molar-refractivity contribution in [3.8, 4) is 11.1 Å². The van der Waals surface area contributed by atoms with Gasteiger partial charge in [0.25, 0.3) is 0 Å². The molecular formula is C42H36N4S. The van der Waals surface area contributed by atoms with Crippen molar-refractivity contribution in [1.82, 2.24) is 15.2 Å². The molecule has 8 aromatic rings. The highest BCUT2D eigenvalue weighted by molar-refractivity contribution is 7.26. The second-order valence-corrected chi connectivity index (χ2v) is 14.3. The van der Waals surface area contributed by atoms with Crippen molar-refractivity contribution in [2.75, 3.05) is 0 Å². The van der Waals surface area contributed by atoms with Gasteiger partial charge < -0.3 is 10.3 Å². The Morgan fingerprint density at radius 3 is 2.26 bits per heavy atom. The number of hydrogen-bond donors (Lipinski definition) is 3. The fourth-order valence-corrected chi connectivity index (χ4v) is 9.05. The summed E-state index contributed by atoms with van der Waals surface area (Å²) in [5, 5.41) is 12.7. The molecule has 0 spiro atoms. The third-order valence-electron chi connectivity index (χ3n) is 10.2. The number of thiophene rings is 1. The summed E-state index contributed by atoms with van der Waals surface area (Å²) >= 11 is 1.81. The number of para-hydroxylation sites is 1. The molecule has 4 N–H and O–H groups in total. The maximum absolute atomic E-state index is 7.03. The van der Waals surface area contributed by atoms with Gasteiger partial charge in [-0.05, 0) is 52.1 Å². The van der Waals surface area contributed by atoms with Crippen LogP contribution in [-0.4, -0.2) is 4.57 Å². The van der Waals surface area contributed by atoms with Crippen LogP contribution >= 0.6 is 11.3 Å². The zero-order chi connectivity index (χ0) is 31.7. The number of benzene rings is 6. The van der Waals surface area contributed by atoms with Gasteiger partial charge in [0, 0.05) is 41.9 Å². The number of hydrogen-bond acceptors (Lipinski definition) is 4. The molecule has 2 atom stereocenters. The lowest BCUT2D eigenvalue weighted by Gasteiger charge is -2.26. The van der Waals surface area contributed by atoms with Gasteiger partial charge in [0.1, 0.15) is 0 Å². The summed E-state index contributed by atoms with van der Waals surface area (Å²) in [7, 11) is 0. The van der Waals surface area contributed by atoms with Crippen molar-refractivity contribution in [3.63, 3.8) is 0 Å². The Balaban J connectivity index is 1.11. The predicted octanol–water partition coefficient (Wildman–Crippen LogP) is 9.96. The molecule has 0 saturated carbocycles. The normalized spacial score (nSPS) is 15.0. The van der Waals surface area contributed by atoms with Crippen LogP contribution in [0.1, 0.15) is 48.4 Å². The zero-order valence-corrected chi connectivity index (χ0v) is 27.3. The molecule has 2 aromatic heterocycles.